The third-order valence-electron chi connectivity index (χ3n) is 3.85. The summed E-state index contributed by atoms with van der Waals surface area (Å²) >= 11 is 0. The highest BCUT2D eigenvalue weighted by atomic mass is 16.1. The molecule has 0 unspecified atom stereocenters. The van der Waals surface area contributed by atoms with Crippen molar-refractivity contribution >= 4 is 28.2 Å². The molecule has 0 aliphatic carbocycles. The van der Waals surface area contributed by atoms with E-state index in [1.54, 1.807) is 12.1 Å². The van der Waals surface area contributed by atoms with Crippen molar-refractivity contribution in [3.63, 3.8) is 0 Å². The fourth-order valence-corrected chi connectivity index (χ4v) is 2.83. The number of fused-ring (bicyclic) bond motifs is 3. The van der Waals surface area contributed by atoms with Gasteiger partial charge in [-0.25, -0.2) is 0 Å². The Balaban J connectivity index is 1.98. The van der Waals surface area contributed by atoms with E-state index in [-0.39, 0.29) is 12.5 Å². The van der Waals surface area contributed by atoms with Gasteiger partial charge in [0.05, 0.1) is 28.7 Å². The van der Waals surface area contributed by atoms with Crippen molar-refractivity contribution in [1.82, 2.24) is 4.98 Å². The maximum atomic E-state index is 12.0. The van der Waals surface area contributed by atoms with Crippen LogP contribution in [0.15, 0.2) is 53.5 Å². The Morgan fingerprint density at radius 2 is 2.00 bits per heavy atom. The number of para-hydroxylation sites is 1. The summed E-state index contributed by atoms with van der Waals surface area (Å²) in [5.74, 6) is -0.151. The first kappa shape index (κ1) is 13.3. The zero-order valence-electron chi connectivity index (χ0n) is 12.1. The van der Waals surface area contributed by atoms with Crippen LogP contribution in [0.3, 0.4) is 0 Å². The molecule has 110 valence electrons. The van der Waals surface area contributed by atoms with E-state index in [2.05, 4.69) is 21.4 Å². The van der Waals surface area contributed by atoms with E-state index in [1.165, 1.54) is 0 Å². The van der Waals surface area contributed by atoms with Crippen LogP contribution in [0.2, 0.25) is 0 Å². The summed E-state index contributed by atoms with van der Waals surface area (Å²) in [5, 5.41) is 13.0. The quantitative estimate of drug-likeness (QED) is 0.724. The number of rotatable bonds is 1. The van der Waals surface area contributed by atoms with Crippen LogP contribution in [0.25, 0.3) is 10.9 Å². The van der Waals surface area contributed by atoms with Gasteiger partial charge in [0.15, 0.2) is 0 Å². The van der Waals surface area contributed by atoms with Gasteiger partial charge in [-0.2, -0.15) is 5.26 Å². The van der Waals surface area contributed by atoms with E-state index in [1.807, 2.05) is 36.4 Å². The molecule has 23 heavy (non-hydrogen) atoms. The lowest BCUT2D eigenvalue weighted by Crippen LogP contribution is -2.13. The third kappa shape index (κ3) is 2.17. The standard InChI is InChI=1S/C18H12N4O/c19-9-11-4-3-5-12(8-11)16-18-17(22-15(23)10-20-16)13-6-1-2-7-14(13)21-18/h1-8,21H,10H2,(H,22,23). The van der Waals surface area contributed by atoms with Gasteiger partial charge in [0, 0.05) is 16.5 Å². The molecule has 1 amide bonds. The van der Waals surface area contributed by atoms with Crippen molar-refractivity contribution in [3.05, 3.63) is 65.4 Å². The maximum Gasteiger partial charge on any atom is 0.246 e. The Hall–Kier alpha value is -3.39. The largest absolute Gasteiger partial charge is 0.351 e. The Bertz CT molecular complexity index is 1010. The molecule has 1 aliphatic rings. The molecule has 0 bridgehead atoms. The predicted octanol–water partition coefficient (Wildman–Crippen LogP) is 2.83. The number of amides is 1. The highest BCUT2D eigenvalue weighted by molar-refractivity contribution is 6.22. The second-order valence-corrected chi connectivity index (χ2v) is 5.33. The van der Waals surface area contributed by atoms with Crippen molar-refractivity contribution in [2.75, 3.05) is 11.9 Å². The second-order valence-electron chi connectivity index (χ2n) is 5.33. The van der Waals surface area contributed by atoms with Crippen molar-refractivity contribution in [1.29, 1.82) is 5.26 Å². The molecule has 3 aromatic rings. The van der Waals surface area contributed by atoms with E-state index in [0.717, 1.165) is 27.8 Å². The van der Waals surface area contributed by atoms with Gasteiger partial charge in [0.2, 0.25) is 5.91 Å². The second kappa shape index (κ2) is 5.11. The van der Waals surface area contributed by atoms with E-state index in [9.17, 15) is 4.79 Å². The number of aromatic nitrogens is 1. The number of anilines is 1. The monoisotopic (exact) mass is 300 g/mol. The number of nitrogens with one attached hydrogen (secondary N) is 2. The van der Waals surface area contributed by atoms with E-state index < -0.39 is 0 Å². The molecular weight excluding hydrogens is 288 g/mol. The molecule has 1 aliphatic heterocycles. The van der Waals surface area contributed by atoms with Gasteiger partial charge >= 0.3 is 0 Å². The molecule has 0 radical (unpaired) electrons. The normalized spacial score (nSPS) is 13.7. The smallest absolute Gasteiger partial charge is 0.246 e. The summed E-state index contributed by atoms with van der Waals surface area (Å²) in [6.45, 7) is 0.0585. The molecular formula is C18H12N4O. The molecule has 0 spiro atoms. The minimum Gasteiger partial charge on any atom is -0.351 e. The molecule has 2 aromatic carbocycles. The number of aromatic amines is 1. The number of benzene rings is 2. The van der Waals surface area contributed by atoms with Gasteiger partial charge < -0.3 is 10.3 Å². The summed E-state index contributed by atoms with van der Waals surface area (Å²) in [5.41, 5.74) is 4.51. The fourth-order valence-electron chi connectivity index (χ4n) is 2.83. The van der Waals surface area contributed by atoms with Crippen LogP contribution in [0.1, 0.15) is 16.8 Å². The molecule has 2 N–H and O–H groups in total. The Labute approximate surface area is 132 Å². The van der Waals surface area contributed by atoms with Gasteiger partial charge in [0.1, 0.15) is 6.54 Å². The minimum absolute atomic E-state index is 0.0585. The average Bonchev–Trinajstić information content (AvgIpc) is 2.85. The zero-order valence-corrected chi connectivity index (χ0v) is 12.1. The van der Waals surface area contributed by atoms with Crippen LogP contribution in [-0.2, 0) is 4.79 Å². The van der Waals surface area contributed by atoms with E-state index in [4.69, 9.17) is 5.26 Å². The number of hydrogen-bond donors (Lipinski definition) is 2. The van der Waals surface area contributed by atoms with Crippen LogP contribution in [0.4, 0.5) is 5.69 Å². The highest BCUT2D eigenvalue weighted by Gasteiger charge is 2.22. The molecule has 0 saturated heterocycles. The first-order chi connectivity index (χ1) is 11.3. The van der Waals surface area contributed by atoms with Gasteiger partial charge in [-0.15, -0.1) is 0 Å². The number of aliphatic imine (C=N–C) groups is 1. The van der Waals surface area contributed by atoms with Crippen LogP contribution in [-0.4, -0.2) is 23.1 Å². The summed E-state index contributed by atoms with van der Waals surface area (Å²) in [7, 11) is 0. The van der Waals surface area contributed by atoms with Crippen molar-refractivity contribution < 1.29 is 4.79 Å². The first-order valence-electron chi connectivity index (χ1n) is 7.22. The number of nitriles is 1. The first-order valence-corrected chi connectivity index (χ1v) is 7.22. The molecule has 1 aromatic heterocycles. The van der Waals surface area contributed by atoms with Gasteiger partial charge in [-0.1, -0.05) is 30.3 Å². The topological polar surface area (TPSA) is 81.0 Å². The predicted molar refractivity (Wildman–Crippen MR) is 88.6 cm³/mol. The van der Waals surface area contributed by atoms with Gasteiger partial charge in [-0.3, -0.25) is 9.79 Å². The van der Waals surface area contributed by atoms with Crippen LogP contribution in [0, 0.1) is 11.3 Å². The lowest BCUT2D eigenvalue weighted by Gasteiger charge is -2.06. The summed E-state index contributed by atoms with van der Waals surface area (Å²) in [4.78, 5) is 19.8. The minimum atomic E-state index is -0.151. The summed E-state index contributed by atoms with van der Waals surface area (Å²) in [6, 6.07) is 17.2. The summed E-state index contributed by atoms with van der Waals surface area (Å²) < 4.78 is 0. The lowest BCUT2D eigenvalue weighted by atomic mass is 10.0. The van der Waals surface area contributed by atoms with Crippen LogP contribution in [0.5, 0.6) is 0 Å². The van der Waals surface area contributed by atoms with E-state index in [0.29, 0.717) is 11.3 Å². The molecule has 5 nitrogen and oxygen atoms in total. The third-order valence-corrected chi connectivity index (χ3v) is 3.85. The Kier molecular flexibility index (Phi) is 2.95. The molecule has 0 atom stereocenters. The molecule has 0 fully saturated rings. The van der Waals surface area contributed by atoms with Crippen LogP contribution < -0.4 is 5.32 Å². The lowest BCUT2D eigenvalue weighted by molar-refractivity contribution is -0.114. The van der Waals surface area contributed by atoms with Crippen molar-refractivity contribution in [2.45, 2.75) is 0 Å². The fraction of sp³-hybridized carbons (Fsp3) is 0.0556. The van der Waals surface area contributed by atoms with Crippen molar-refractivity contribution in [2.24, 2.45) is 4.99 Å². The number of hydrogen-bond acceptors (Lipinski definition) is 3. The number of H-pyrrole nitrogens is 1. The molecule has 0 saturated carbocycles. The van der Waals surface area contributed by atoms with E-state index >= 15 is 0 Å². The number of carbonyl (C=O) groups is 1. The number of carbonyl (C=O) groups excluding carboxylic acids is 1. The Morgan fingerprint density at radius 3 is 2.87 bits per heavy atom. The average molecular weight is 300 g/mol. The van der Waals surface area contributed by atoms with Gasteiger partial charge in [0.25, 0.3) is 0 Å². The molecule has 5 heteroatoms. The van der Waals surface area contributed by atoms with Gasteiger partial charge in [-0.05, 0) is 18.2 Å². The Morgan fingerprint density at radius 1 is 1.13 bits per heavy atom. The molecule has 2 heterocycles. The highest BCUT2D eigenvalue weighted by Crippen LogP contribution is 2.31. The zero-order chi connectivity index (χ0) is 15.8. The van der Waals surface area contributed by atoms with Crippen molar-refractivity contribution in [3.8, 4) is 6.07 Å². The SMILES string of the molecule is N#Cc1cccc(C2=NCC(=O)Nc3c2[nH]c2ccccc32)c1. The maximum absolute atomic E-state index is 12.0. The molecule has 4 rings (SSSR count). The summed E-state index contributed by atoms with van der Waals surface area (Å²) in [6.07, 6.45) is 0. The van der Waals surface area contributed by atoms with Crippen LogP contribution >= 0.6 is 0 Å². The number of nitrogens with zero attached hydrogens (tertiary/aromatic N) is 2.